The van der Waals surface area contributed by atoms with Crippen LogP contribution in [-0.2, 0) is 6.54 Å². The first-order valence-electron chi connectivity index (χ1n) is 6.83. The zero-order valence-corrected chi connectivity index (χ0v) is 13.8. The molecule has 0 bridgehead atoms. The van der Waals surface area contributed by atoms with E-state index >= 15 is 0 Å². The molecule has 2 aromatic carbocycles. The smallest absolute Gasteiger partial charge is 0.0914 e. The monoisotopic (exact) mass is 361 g/mol. The molecule has 0 aliphatic rings. The Morgan fingerprint density at radius 1 is 1.10 bits per heavy atom. The molecule has 2 nitrogen and oxygen atoms in total. The normalized spacial score (nSPS) is 12.7. The number of halogens is 1. The number of aliphatic hydroxyl groups excluding tert-OH is 1. The third-order valence-corrected chi connectivity index (χ3v) is 5.11. The van der Waals surface area contributed by atoms with E-state index in [1.165, 1.54) is 10.3 Å². The van der Waals surface area contributed by atoms with Crippen LogP contribution in [0.5, 0.6) is 0 Å². The number of hydrogen-bond donors (Lipinski definition) is 2. The second-order valence-corrected chi connectivity index (χ2v) is 6.90. The molecule has 3 aromatic rings. The minimum absolute atomic E-state index is 0.488. The lowest BCUT2D eigenvalue weighted by molar-refractivity contribution is 0.174. The Labute approximate surface area is 136 Å². The summed E-state index contributed by atoms with van der Waals surface area (Å²) in [6.45, 7) is 1.33. The second-order valence-electron chi connectivity index (χ2n) is 4.98. The summed E-state index contributed by atoms with van der Waals surface area (Å²) in [6, 6.07) is 16.4. The molecule has 0 aliphatic heterocycles. The van der Waals surface area contributed by atoms with Gasteiger partial charge in [-0.05, 0) is 44.4 Å². The van der Waals surface area contributed by atoms with E-state index < -0.39 is 6.10 Å². The quantitative estimate of drug-likeness (QED) is 0.701. The van der Waals surface area contributed by atoms with Crippen molar-refractivity contribution in [2.45, 2.75) is 12.6 Å². The van der Waals surface area contributed by atoms with Gasteiger partial charge in [-0.3, -0.25) is 0 Å². The molecule has 0 amide bonds. The molecule has 0 spiro atoms. The summed E-state index contributed by atoms with van der Waals surface area (Å²) in [4.78, 5) is 1.26. The van der Waals surface area contributed by atoms with Crippen LogP contribution in [0.1, 0.15) is 16.5 Å². The summed E-state index contributed by atoms with van der Waals surface area (Å²) in [5, 5.41) is 18.0. The fraction of sp³-hybridized carbons (Fsp3) is 0.176. The van der Waals surface area contributed by atoms with E-state index in [1.807, 2.05) is 18.2 Å². The Morgan fingerprint density at radius 3 is 2.67 bits per heavy atom. The van der Waals surface area contributed by atoms with Gasteiger partial charge in [0.25, 0.3) is 0 Å². The summed E-state index contributed by atoms with van der Waals surface area (Å²) in [7, 11) is 0. The standard InChI is InChI=1S/C17H16BrNOS/c18-15-8-16(21-11-15)9-19-10-17(20)14-6-5-12-3-1-2-4-13(12)7-14/h1-8,11,17,19-20H,9-10H2. The average Bonchev–Trinajstić information content (AvgIpc) is 2.92. The number of nitrogens with one attached hydrogen (secondary N) is 1. The van der Waals surface area contributed by atoms with Gasteiger partial charge in [-0.25, -0.2) is 0 Å². The summed E-state index contributed by atoms with van der Waals surface area (Å²) in [6.07, 6.45) is -0.488. The maximum Gasteiger partial charge on any atom is 0.0914 e. The van der Waals surface area contributed by atoms with Crippen LogP contribution < -0.4 is 5.32 Å². The van der Waals surface area contributed by atoms with Crippen molar-refractivity contribution in [2.75, 3.05) is 6.54 Å². The Morgan fingerprint density at radius 2 is 1.90 bits per heavy atom. The number of thiophene rings is 1. The second kappa shape index (κ2) is 6.71. The lowest BCUT2D eigenvalue weighted by Crippen LogP contribution is -2.20. The topological polar surface area (TPSA) is 32.3 Å². The van der Waals surface area contributed by atoms with E-state index in [9.17, 15) is 5.11 Å². The Kier molecular flexibility index (Phi) is 4.70. The first kappa shape index (κ1) is 14.7. The van der Waals surface area contributed by atoms with Gasteiger partial charge in [0.15, 0.2) is 0 Å². The van der Waals surface area contributed by atoms with Crippen LogP contribution in [0, 0.1) is 0 Å². The molecule has 0 fully saturated rings. The molecule has 1 atom stereocenters. The highest BCUT2D eigenvalue weighted by Gasteiger charge is 2.08. The summed E-state index contributed by atoms with van der Waals surface area (Å²) >= 11 is 5.15. The fourth-order valence-electron chi connectivity index (χ4n) is 2.31. The van der Waals surface area contributed by atoms with Gasteiger partial charge in [0.05, 0.1) is 6.10 Å². The number of aliphatic hydroxyl groups is 1. The molecule has 4 heteroatoms. The summed E-state index contributed by atoms with van der Waals surface area (Å²) in [5.41, 5.74) is 0.952. The van der Waals surface area contributed by atoms with E-state index in [0.29, 0.717) is 6.54 Å². The summed E-state index contributed by atoms with van der Waals surface area (Å²) in [5.74, 6) is 0. The van der Waals surface area contributed by atoms with Crippen LogP contribution in [0.4, 0.5) is 0 Å². The predicted molar refractivity (Wildman–Crippen MR) is 92.6 cm³/mol. The van der Waals surface area contributed by atoms with Gasteiger partial charge in [-0.1, -0.05) is 36.4 Å². The van der Waals surface area contributed by atoms with Crippen LogP contribution in [0.15, 0.2) is 58.4 Å². The number of benzene rings is 2. The largest absolute Gasteiger partial charge is 0.387 e. The van der Waals surface area contributed by atoms with E-state index in [4.69, 9.17) is 0 Å². The van der Waals surface area contributed by atoms with E-state index in [2.05, 4.69) is 57.0 Å². The summed E-state index contributed by atoms with van der Waals surface area (Å²) < 4.78 is 1.11. The molecule has 3 rings (SSSR count). The van der Waals surface area contributed by atoms with Crippen LogP contribution in [0.3, 0.4) is 0 Å². The maximum absolute atomic E-state index is 10.3. The fourth-order valence-corrected chi connectivity index (χ4v) is 3.73. The highest BCUT2D eigenvalue weighted by Crippen LogP contribution is 2.21. The minimum atomic E-state index is -0.488. The van der Waals surface area contributed by atoms with Crippen molar-refractivity contribution in [1.82, 2.24) is 5.32 Å². The lowest BCUT2D eigenvalue weighted by Gasteiger charge is -2.12. The Balaban J connectivity index is 1.62. The van der Waals surface area contributed by atoms with Crippen molar-refractivity contribution >= 4 is 38.0 Å². The third-order valence-electron chi connectivity index (χ3n) is 3.42. The lowest BCUT2D eigenvalue weighted by atomic mass is 10.0. The Hall–Kier alpha value is -1.20. The highest BCUT2D eigenvalue weighted by atomic mass is 79.9. The van der Waals surface area contributed by atoms with Gasteiger partial charge >= 0.3 is 0 Å². The van der Waals surface area contributed by atoms with Crippen molar-refractivity contribution in [3.63, 3.8) is 0 Å². The third kappa shape index (κ3) is 3.71. The van der Waals surface area contributed by atoms with Crippen LogP contribution in [0.25, 0.3) is 10.8 Å². The van der Waals surface area contributed by atoms with E-state index in [1.54, 1.807) is 11.3 Å². The number of hydrogen-bond acceptors (Lipinski definition) is 3. The zero-order chi connectivity index (χ0) is 14.7. The van der Waals surface area contributed by atoms with Gasteiger partial charge in [0.2, 0.25) is 0 Å². The van der Waals surface area contributed by atoms with Gasteiger partial charge < -0.3 is 10.4 Å². The molecule has 108 valence electrons. The molecule has 0 aliphatic carbocycles. The molecular formula is C17H16BrNOS. The van der Waals surface area contributed by atoms with Crippen LogP contribution >= 0.6 is 27.3 Å². The average molecular weight is 362 g/mol. The molecule has 0 radical (unpaired) electrons. The Bertz CT molecular complexity index is 740. The van der Waals surface area contributed by atoms with E-state index in [-0.39, 0.29) is 0 Å². The molecule has 1 heterocycles. The molecule has 1 aromatic heterocycles. The van der Waals surface area contributed by atoms with Gasteiger partial charge in [-0.2, -0.15) is 0 Å². The highest BCUT2D eigenvalue weighted by molar-refractivity contribution is 9.10. The number of fused-ring (bicyclic) bond motifs is 1. The molecule has 1 unspecified atom stereocenters. The van der Waals surface area contributed by atoms with Crippen LogP contribution in [0.2, 0.25) is 0 Å². The van der Waals surface area contributed by atoms with E-state index in [0.717, 1.165) is 22.0 Å². The molecule has 2 N–H and O–H groups in total. The SMILES string of the molecule is OC(CNCc1cc(Br)cs1)c1ccc2ccccc2c1. The van der Waals surface area contributed by atoms with Crippen molar-refractivity contribution in [1.29, 1.82) is 0 Å². The van der Waals surface area contributed by atoms with Crippen molar-refractivity contribution in [3.8, 4) is 0 Å². The van der Waals surface area contributed by atoms with Crippen molar-refractivity contribution in [3.05, 3.63) is 68.8 Å². The predicted octanol–water partition coefficient (Wildman–Crippen LogP) is 4.49. The van der Waals surface area contributed by atoms with Crippen LogP contribution in [-0.4, -0.2) is 11.7 Å². The molecular weight excluding hydrogens is 346 g/mol. The zero-order valence-electron chi connectivity index (χ0n) is 11.4. The van der Waals surface area contributed by atoms with Crippen molar-refractivity contribution in [2.24, 2.45) is 0 Å². The number of rotatable bonds is 5. The first-order valence-corrected chi connectivity index (χ1v) is 8.50. The molecule has 0 saturated heterocycles. The molecule has 0 saturated carbocycles. The minimum Gasteiger partial charge on any atom is -0.387 e. The first-order chi connectivity index (χ1) is 10.2. The van der Waals surface area contributed by atoms with Crippen molar-refractivity contribution < 1.29 is 5.11 Å². The van der Waals surface area contributed by atoms with Gasteiger partial charge in [-0.15, -0.1) is 11.3 Å². The van der Waals surface area contributed by atoms with Gasteiger partial charge in [0, 0.05) is 27.8 Å². The van der Waals surface area contributed by atoms with Gasteiger partial charge in [0.1, 0.15) is 0 Å². The maximum atomic E-state index is 10.3. The molecule has 21 heavy (non-hydrogen) atoms.